The van der Waals surface area contributed by atoms with Crippen LogP contribution in [0.3, 0.4) is 0 Å². The van der Waals surface area contributed by atoms with Crippen LogP contribution in [0.5, 0.6) is 0 Å². The molecular weight excluding hydrogens is 1330 g/mol. The summed E-state index contributed by atoms with van der Waals surface area (Å²) in [4.78, 5) is 68.1. The molecule has 0 radical (unpaired) electrons. The quantitative estimate of drug-likeness (QED) is 0.0506. The molecule has 6 aromatic heterocycles. The first-order chi connectivity index (χ1) is 48.8. The van der Waals surface area contributed by atoms with E-state index in [9.17, 15) is 19.8 Å². The zero-order chi connectivity index (χ0) is 73.9. The van der Waals surface area contributed by atoms with Gasteiger partial charge in [-0.05, 0) is 81.9 Å². The minimum absolute atomic E-state index is 0.0682. The predicted molar refractivity (Wildman–Crippen MR) is 379 cm³/mol. The van der Waals surface area contributed by atoms with Gasteiger partial charge in [0, 0.05) is 58.9 Å². The molecular formula is C69H99N21O13. The molecule has 0 spiro atoms. The summed E-state index contributed by atoms with van der Waals surface area (Å²) in [6.07, 6.45) is 1.68. The summed E-state index contributed by atoms with van der Waals surface area (Å²) in [7, 11) is 5.82. The normalized spacial score (nSPS) is 24.9. The molecule has 12 N–H and O–H groups in total. The molecule has 5 saturated heterocycles. The summed E-state index contributed by atoms with van der Waals surface area (Å²) in [6, 6.07) is 16.2. The molecule has 103 heavy (non-hydrogen) atoms. The van der Waals surface area contributed by atoms with Crippen molar-refractivity contribution < 1.29 is 62.4 Å². The van der Waals surface area contributed by atoms with Crippen LogP contribution in [0.25, 0.3) is 33.5 Å². The molecule has 12 atom stereocenters. The highest BCUT2D eigenvalue weighted by Crippen LogP contribution is 2.46. The number of aromatic nitrogens is 12. The molecule has 34 nitrogen and oxygen atoms in total. The molecule has 558 valence electrons. The topological polar surface area (TPSA) is 426 Å². The van der Waals surface area contributed by atoms with Crippen LogP contribution in [0.4, 0.5) is 27.0 Å². The van der Waals surface area contributed by atoms with Crippen molar-refractivity contribution in [2.45, 2.75) is 178 Å². The summed E-state index contributed by atoms with van der Waals surface area (Å²) in [6.45, 7) is 25.8. The maximum Gasteiger partial charge on any atom is 0.407 e. The van der Waals surface area contributed by atoms with Crippen LogP contribution < -0.4 is 33.6 Å². The Balaban J connectivity index is 0.000000158. The Bertz CT molecular complexity index is 4170. The third kappa shape index (κ3) is 17.8. The number of benzene rings is 2. The maximum atomic E-state index is 12.3. The molecule has 34 heteroatoms. The molecule has 8 aromatic rings. The lowest BCUT2D eigenvalue weighted by molar-refractivity contribution is -0.197. The Morgan fingerprint density at radius 3 is 1.20 bits per heavy atom. The van der Waals surface area contributed by atoms with Crippen molar-refractivity contribution in [1.29, 1.82) is 0 Å². The first kappa shape index (κ1) is 75.7. The number of nitrogens with two attached hydrogens (primary N) is 4. The summed E-state index contributed by atoms with van der Waals surface area (Å²) in [5.41, 5.74) is 30.9. The number of nitrogen functional groups attached to an aromatic ring is 3. The van der Waals surface area contributed by atoms with E-state index in [1.807, 2.05) is 99.3 Å². The smallest absolute Gasteiger partial charge is 0.407 e. The van der Waals surface area contributed by atoms with Gasteiger partial charge < -0.3 is 101 Å². The minimum atomic E-state index is -1.18. The van der Waals surface area contributed by atoms with E-state index in [1.54, 1.807) is 12.7 Å². The van der Waals surface area contributed by atoms with Gasteiger partial charge in [-0.25, -0.2) is 54.4 Å². The van der Waals surface area contributed by atoms with E-state index < -0.39 is 60.8 Å². The number of hydrogen-bond acceptors (Lipinski definition) is 29. The first-order valence-electron chi connectivity index (χ1n) is 34.4. The zero-order valence-electron chi connectivity index (χ0n) is 60.7. The fourth-order valence-corrected chi connectivity index (χ4v) is 13.1. The Labute approximate surface area is 597 Å². The number of imidazole rings is 3. The lowest BCUT2D eigenvalue weighted by Gasteiger charge is -2.27. The number of aliphatic hydroxyl groups is 2. The third-order valence-electron chi connectivity index (χ3n) is 18.5. The monoisotopic (exact) mass is 1430 g/mol. The number of nitrogens with one attached hydrogen (secondary N) is 2. The van der Waals surface area contributed by atoms with Crippen molar-refractivity contribution in [1.82, 2.24) is 83.9 Å². The Hall–Kier alpha value is -8.49. The number of amides is 2. The highest BCUT2D eigenvalue weighted by atomic mass is 16.8. The van der Waals surface area contributed by atoms with Crippen LogP contribution >= 0.6 is 0 Å². The van der Waals surface area contributed by atoms with Gasteiger partial charge >= 0.3 is 12.2 Å². The largest absolute Gasteiger partial charge is 0.445 e. The highest BCUT2D eigenvalue weighted by Gasteiger charge is 2.58. The molecule has 0 bridgehead atoms. The summed E-state index contributed by atoms with van der Waals surface area (Å²) in [5.74, 6) is -0.560. The van der Waals surface area contributed by atoms with Crippen LogP contribution in [0.1, 0.15) is 110 Å². The van der Waals surface area contributed by atoms with E-state index in [-0.39, 0.29) is 66.5 Å². The van der Waals surface area contributed by atoms with Crippen LogP contribution in [-0.4, -0.2) is 242 Å². The molecule has 5 aliphatic rings. The van der Waals surface area contributed by atoms with Crippen LogP contribution in [-0.2, 0) is 66.7 Å². The average Bonchev–Trinajstić information content (AvgIpc) is 1.59. The predicted octanol–water partition coefficient (Wildman–Crippen LogP) is 3.88. The van der Waals surface area contributed by atoms with Crippen molar-refractivity contribution in [2.24, 2.45) is 5.73 Å². The number of aliphatic hydroxyl groups excluding tert-OH is 2. The van der Waals surface area contributed by atoms with Crippen LogP contribution in [0, 0.1) is 0 Å². The van der Waals surface area contributed by atoms with E-state index in [4.69, 9.17) is 65.6 Å². The lowest BCUT2D eigenvalue weighted by atomic mass is 9.87. The highest BCUT2D eigenvalue weighted by molar-refractivity contribution is 5.82. The summed E-state index contributed by atoms with van der Waals surface area (Å²) in [5, 5.41) is 26.7. The number of alkyl carbamates (subject to hydrolysis) is 2. The van der Waals surface area contributed by atoms with Gasteiger partial charge in [0.25, 0.3) is 0 Å². The average molecular weight is 1430 g/mol. The van der Waals surface area contributed by atoms with Crippen molar-refractivity contribution in [2.75, 3.05) is 97.2 Å². The molecule has 0 aliphatic carbocycles. The van der Waals surface area contributed by atoms with Gasteiger partial charge in [0.05, 0.1) is 19.0 Å². The second-order valence-corrected chi connectivity index (χ2v) is 29.5. The number of likely N-dealkylation sites (N-methyl/N-ethyl adjacent to an activating group) is 3. The Kier molecular flexibility index (Phi) is 23.1. The van der Waals surface area contributed by atoms with Gasteiger partial charge in [0.1, 0.15) is 104 Å². The molecule has 13 rings (SSSR count). The second-order valence-electron chi connectivity index (χ2n) is 29.5. The van der Waals surface area contributed by atoms with Gasteiger partial charge in [0.15, 0.2) is 64.7 Å². The number of carbonyl (C=O) groups is 2. The fourth-order valence-electron chi connectivity index (χ4n) is 13.1. The molecule has 5 aliphatic heterocycles. The van der Waals surface area contributed by atoms with Crippen LogP contribution in [0.2, 0.25) is 0 Å². The number of hydrogen-bond donors (Lipinski definition) is 8. The number of anilines is 3. The van der Waals surface area contributed by atoms with E-state index >= 15 is 0 Å². The number of ether oxygens (including phenoxy) is 9. The summed E-state index contributed by atoms with van der Waals surface area (Å²) < 4.78 is 59.4. The minimum Gasteiger partial charge on any atom is -0.445 e. The molecule has 11 heterocycles. The fraction of sp³-hybridized carbons (Fsp3) is 0.580. The van der Waals surface area contributed by atoms with Gasteiger partial charge in [-0.2, -0.15) is 0 Å². The van der Waals surface area contributed by atoms with Gasteiger partial charge in [0.2, 0.25) is 0 Å². The molecule has 2 aromatic carbocycles. The lowest BCUT2D eigenvalue weighted by Crippen LogP contribution is -2.41. The number of carbonyl (C=O) groups excluding carboxylic acids is 2. The Morgan fingerprint density at radius 1 is 0.495 bits per heavy atom. The van der Waals surface area contributed by atoms with E-state index in [1.165, 1.54) is 41.0 Å². The van der Waals surface area contributed by atoms with Gasteiger partial charge in [-0.15, -0.1) is 0 Å². The van der Waals surface area contributed by atoms with Gasteiger partial charge in [-0.3, -0.25) is 13.7 Å². The maximum absolute atomic E-state index is 12.3. The molecule has 5 fully saturated rings. The first-order valence-corrected chi connectivity index (χ1v) is 34.4. The number of nitrogens with zero attached hydrogens (tertiary/aromatic N) is 15. The van der Waals surface area contributed by atoms with Crippen molar-refractivity contribution >= 4 is 63.1 Å². The van der Waals surface area contributed by atoms with E-state index in [0.29, 0.717) is 97.5 Å². The van der Waals surface area contributed by atoms with Crippen molar-refractivity contribution in [3.05, 3.63) is 109 Å². The molecule has 0 saturated carbocycles. The number of rotatable bonds is 21. The molecule has 0 unspecified atom stereocenters. The standard InChI is InChI=1S/C28H39N7O5.C25H35N7O5.C16H25N7O3/c1-27(2,3)18-9-7-17(8-10-18)14-37-26(36)30-11-12-34(6)13-19-21-22(40-28(4,5)39-21)25(38-19)35-16-33-20-23(29)31-15-32-24(20)35;1-25(2,3)16-7-5-15(6-8-16)12-36-24(35)27-9-10-31(4)11-17-19(33)20(34)23(37-17)32-14-30-18-21(26)28-13-29-22(18)32;1-16(2)25-11-9(6-22(3)5-4-17)24-15(12(11)26-16)23-8-21-10-13(18)19-7-20-14(10)23/h7-10,15-16,19,21-22,25H,11-14H2,1-6H3,(H,30,36)(H2,29,31,32);5-8,13-14,17,19-20,23,33-34H,9-12H2,1-4H3,(H,27,35)(H2,26,28,29);7-9,11-12,15H,4-6,17H2,1-3H3,(H2,18,19,20)/t19-,21-,22-,25-;17-,19-,20-,23-;9-,11-,12-,15-/m111/s1. The van der Waals surface area contributed by atoms with Crippen LogP contribution in [0.15, 0.2) is 86.5 Å². The summed E-state index contributed by atoms with van der Waals surface area (Å²) >= 11 is 0. The molecule has 2 amide bonds. The van der Waals surface area contributed by atoms with E-state index in [0.717, 1.165) is 17.7 Å². The zero-order valence-corrected chi connectivity index (χ0v) is 60.7. The SMILES string of the molecule is CN(CCN)C[C@H]1O[C@@H](n2cnc3c(N)ncnc32)[C@@H]2OC(C)(C)O[C@@H]21.CN(CCNC(=O)OCc1ccc(C(C)(C)C)cc1)C[C@H]1O[C@@H](n2cnc3c(N)ncnc32)[C@@H]2OC(C)(C)O[C@@H]21.CN(CCNC(=O)OCc1ccc(C(C)(C)C)cc1)C[C@H]1O[C@@H](n2cnc3c(N)ncnc32)[C@H](O)[C@@H]1O. The number of fused-ring (bicyclic) bond motifs is 5. The van der Waals surface area contributed by atoms with Crippen molar-refractivity contribution in [3.63, 3.8) is 0 Å². The third-order valence-corrected chi connectivity index (χ3v) is 18.5. The van der Waals surface area contributed by atoms with Gasteiger partial charge in [-0.1, -0.05) is 90.1 Å². The van der Waals surface area contributed by atoms with E-state index in [2.05, 4.69) is 119 Å². The second kappa shape index (κ2) is 31.5. The Morgan fingerprint density at radius 2 is 0.835 bits per heavy atom. The van der Waals surface area contributed by atoms with Crippen molar-refractivity contribution in [3.8, 4) is 0 Å².